The summed E-state index contributed by atoms with van der Waals surface area (Å²) in [5.41, 5.74) is -0.858. The third-order valence-corrected chi connectivity index (χ3v) is 4.28. The largest absolute Gasteiger partial charge is 0.431 e. The SMILES string of the molecule is CN(CCCO)C1CCN(C(=O)c2c[nH]c(C(F)(F)F)c2)CC1. The molecule has 8 heteroatoms. The molecule has 1 aliphatic rings. The molecule has 0 atom stereocenters. The van der Waals surface area contributed by atoms with Gasteiger partial charge in [-0.1, -0.05) is 0 Å². The summed E-state index contributed by atoms with van der Waals surface area (Å²) < 4.78 is 37.7. The number of aliphatic hydroxyl groups excluding tert-OH is 1. The van der Waals surface area contributed by atoms with Crippen LogP contribution in [0.4, 0.5) is 13.2 Å². The second-order valence-corrected chi connectivity index (χ2v) is 5.88. The number of piperidine rings is 1. The summed E-state index contributed by atoms with van der Waals surface area (Å²) >= 11 is 0. The first-order valence-electron chi connectivity index (χ1n) is 7.69. The number of nitrogens with zero attached hydrogens (tertiary/aromatic N) is 2. The lowest BCUT2D eigenvalue weighted by atomic mass is 10.0. The first-order chi connectivity index (χ1) is 10.8. The number of aliphatic hydroxyl groups is 1. The van der Waals surface area contributed by atoms with E-state index in [0.29, 0.717) is 25.6 Å². The highest BCUT2D eigenvalue weighted by Gasteiger charge is 2.34. The first-order valence-corrected chi connectivity index (χ1v) is 7.69. The van der Waals surface area contributed by atoms with E-state index >= 15 is 0 Å². The molecule has 0 radical (unpaired) electrons. The molecular weight excluding hydrogens is 311 g/mol. The van der Waals surface area contributed by atoms with Crippen LogP contribution in [0.15, 0.2) is 12.3 Å². The molecule has 2 heterocycles. The van der Waals surface area contributed by atoms with Gasteiger partial charge in [-0.25, -0.2) is 0 Å². The second-order valence-electron chi connectivity index (χ2n) is 5.88. The normalized spacial score (nSPS) is 17.0. The van der Waals surface area contributed by atoms with Gasteiger partial charge in [0.05, 0.1) is 5.56 Å². The lowest BCUT2D eigenvalue weighted by molar-refractivity contribution is -0.140. The van der Waals surface area contributed by atoms with Crippen molar-refractivity contribution in [3.63, 3.8) is 0 Å². The molecular formula is C15H22F3N3O2. The average Bonchev–Trinajstić information content (AvgIpc) is 3.02. The van der Waals surface area contributed by atoms with Crippen LogP contribution >= 0.6 is 0 Å². The van der Waals surface area contributed by atoms with Crippen molar-refractivity contribution >= 4 is 5.91 Å². The lowest BCUT2D eigenvalue weighted by Crippen LogP contribution is -2.45. The number of carbonyl (C=O) groups is 1. The molecule has 0 aromatic carbocycles. The minimum atomic E-state index is -4.47. The fraction of sp³-hybridized carbons (Fsp3) is 0.667. The molecule has 1 amide bonds. The van der Waals surface area contributed by atoms with Crippen LogP contribution in [0.2, 0.25) is 0 Å². The minimum absolute atomic E-state index is 0.0458. The van der Waals surface area contributed by atoms with Gasteiger partial charge in [-0.2, -0.15) is 13.2 Å². The molecule has 0 saturated carbocycles. The summed E-state index contributed by atoms with van der Waals surface area (Å²) in [4.78, 5) is 18.2. The third kappa shape index (κ3) is 4.48. The van der Waals surface area contributed by atoms with Crippen LogP contribution in [0.5, 0.6) is 0 Å². The Labute approximate surface area is 133 Å². The number of carbonyl (C=O) groups excluding carboxylic acids is 1. The highest BCUT2D eigenvalue weighted by molar-refractivity contribution is 5.94. The Morgan fingerprint density at radius 3 is 2.61 bits per heavy atom. The number of hydrogen-bond acceptors (Lipinski definition) is 3. The van der Waals surface area contributed by atoms with Gasteiger partial charge in [-0.05, 0) is 32.4 Å². The molecule has 2 N–H and O–H groups in total. The van der Waals surface area contributed by atoms with E-state index in [1.54, 1.807) is 4.90 Å². The maximum Gasteiger partial charge on any atom is 0.431 e. The molecule has 0 bridgehead atoms. The number of rotatable bonds is 5. The number of amides is 1. The number of alkyl halides is 3. The number of hydrogen-bond donors (Lipinski definition) is 2. The minimum Gasteiger partial charge on any atom is -0.396 e. The van der Waals surface area contributed by atoms with Crippen LogP contribution in [0, 0.1) is 0 Å². The zero-order valence-electron chi connectivity index (χ0n) is 13.1. The molecule has 0 aliphatic carbocycles. The lowest BCUT2D eigenvalue weighted by Gasteiger charge is -2.36. The van der Waals surface area contributed by atoms with Gasteiger partial charge in [0.15, 0.2) is 0 Å². The molecule has 1 aromatic heterocycles. The number of nitrogens with one attached hydrogen (secondary N) is 1. The van der Waals surface area contributed by atoms with Crippen LogP contribution in [0.3, 0.4) is 0 Å². The summed E-state index contributed by atoms with van der Waals surface area (Å²) in [5.74, 6) is -0.367. The van der Waals surface area contributed by atoms with Crippen molar-refractivity contribution in [3.8, 4) is 0 Å². The monoisotopic (exact) mass is 333 g/mol. The summed E-state index contributed by atoms with van der Waals surface area (Å²) in [5, 5.41) is 8.85. The molecule has 1 aliphatic heterocycles. The molecule has 5 nitrogen and oxygen atoms in total. The molecule has 1 fully saturated rings. The van der Waals surface area contributed by atoms with Crippen molar-refractivity contribution in [3.05, 3.63) is 23.5 Å². The maximum atomic E-state index is 12.6. The van der Waals surface area contributed by atoms with Crippen LogP contribution in [0.25, 0.3) is 0 Å². The van der Waals surface area contributed by atoms with E-state index in [-0.39, 0.29) is 18.1 Å². The zero-order chi connectivity index (χ0) is 17.0. The van der Waals surface area contributed by atoms with Gasteiger partial charge in [0.1, 0.15) is 5.69 Å². The molecule has 1 aromatic rings. The molecule has 1 saturated heterocycles. The number of halogens is 3. The van der Waals surface area contributed by atoms with E-state index in [2.05, 4.69) is 9.88 Å². The summed E-state index contributed by atoms with van der Waals surface area (Å²) in [7, 11) is 1.99. The van der Waals surface area contributed by atoms with Crippen molar-refractivity contribution in [1.29, 1.82) is 0 Å². The smallest absolute Gasteiger partial charge is 0.396 e. The van der Waals surface area contributed by atoms with Gasteiger partial charge < -0.3 is 19.9 Å². The number of aromatic nitrogens is 1. The Bertz CT molecular complexity index is 522. The van der Waals surface area contributed by atoms with Crippen LogP contribution in [-0.4, -0.2) is 65.1 Å². The number of likely N-dealkylation sites (tertiary alicyclic amines) is 1. The maximum absolute atomic E-state index is 12.6. The quantitative estimate of drug-likeness (QED) is 0.866. The standard InChI is InChI=1S/C15H22F3N3O2/c1-20(5-2-8-22)12-3-6-21(7-4-12)14(23)11-9-13(19-10-11)15(16,17)18/h9-10,12,19,22H,2-8H2,1H3. The van der Waals surface area contributed by atoms with Crippen LogP contribution in [-0.2, 0) is 6.18 Å². The molecule has 2 rings (SSSR count). The Balaban J connectivity index is 1.90. The second kappa shape index (κ2) is 7.35. The fourth-order valence-electron chi connectivity index (χ4n) is 2.88. The summed E-state index contributed by atoms with van der Waals surface area (Å²) in [6, 6.07) is 1.20. The summed E-state index contributed by atoms with van der Waals surface area (Å²) in [6.07, 6.45) is -1.08. The predicted octanol–water partition coefficient (Wildman–Crippen LogP) is 1.95. The topological polar surface area (TPSA) is 59.6 Å². The number of aromatic amines is 1. The van der Waals surface area contributed by atoms with Gasteiger partial charge in [0, 0.05) is 38.5 Å². The van der Waals surface area contributed by atoms with Crippen molar-refractivity contribution in [2.24, 2.45) is 0 Å². The molecule has 0 spiro atoms. The highest BCUT2D eigenvalue weighted by atomic mass is 19.4. The Morgan fingerprint density at radius 2 is 2.09 bits per heavy atom. The zero-order valence-corrected chi connectivity index (χ0v) is 13.1. The first kappa shape index (κ1) is 17.8. The van der Waals surface area contributed by atoms with E-state index in [9.17, 15) is 18.0 Å². The average molecular weight is 333 g/mol. The van der Waals surface area contributed by atoms with Crippen LogP contribution in [0.1, 0.15) is 35.3 Å². The summed E-state index contributed by atoms with van der Waals surface area (Å²) in [6.45, 7) is 2.00. The predicted molar refractivity (Wildman–Crippen MR) is 79.1 cm³/mol. The van der Waals surface area contributed by atoms with Gasteiger partial charge in [0.2, 0.25) is 0 Å². The van der Waals surface area contributed by atoms with Gasteiger partial charge in [0.25, 0.3) is 5.91 Å². The van der Waals surface area contributed by atoms with Gasteiger partial charge in [-0.3, -0.25) is 4.79 Å². The Kier molecular flexibility index (Phi) is 5.69. The Morgan fingerprint density at radius 1 is 1.43 bits per heavy atom. The third-order valence-electron chi connectivity index (χ3n) is 4.28. The fourth-order valence-corrected chi connectivity index (χ4v) is 2.88. The number of H-pyrrole nitrogens is 1. The molecule has 23 heavy (non-hydrogen) atoms. The van der Waals surface area contributed by atoms with Gasteiger partial charge in [-0.15, -0.1) is 0 Å². The van der Waals surface area contributed by atoms with Crippen LogP contribution < -0.4 is 0 Å². The van der Waals surface area contributed by atoms with E-state index in [4.69, 9.17) is 5.11 Å². The molecule has 0 unspecified atom stereocenters. The van der Waals surface area contributed by atoms with Crippen molar-refractivity contribution in [1.82, 2.24) is 14.8 Å². The highest BCUT2D eigenvalue weighted by Crippen LogP contribution is 2.29. The van der Waals surface area contributed by atoms with Crippen molar-refractivity contribution < 1.29 is 23.1 Å². The van der Waals surface area contributed by atoms with E-state index in [1.807, 2.05) is 7.05 Å². The molecule has 130 valence electrons. The van der Waals surface area contributed by atoms with E-state index < -0.39 is 11.9 Å². The van der Waals surface area contributed by atoms with E-state index in [1.165, 1.54) is 0 Å². The van der Waals surface area contributed by atoms with E-state index in [0.717, 1.165) is 31.6 Å². The van der Waals surface area contributed by atoms with Crippen molar-refractivity contribution in [2.45, 2.75) is 31.5 Å². The Hall–Kier alpha value is -1.54. The van der Waals surface area contributed by atoms with Gasteiger partial charge >= 0.3 is 6.18 Å². The van der Waals surface area contributed by atoms with Crippen molar-refractivity contribution in [2.75, 3.05) is 33.3 Å².